The molecule has 0 fully saturated rings. The topological polar surface area (TPSA) is 101 Å². The Morgan fingerprint density at radius 3 is 2.76 bits per heavy atom. The minimum atomic E-state index is -0.429. The first-order valence-electron chi connectivity index (χ1n) is 8.97. The molecule has 29 heavy (non-hydrogen) atoms. The highest BCUT2D eigenvalue weighted by Gasteiger charge is 2.12. The maximum absolute atomic E-state index is 11.1. The lowest BCUT2D eigenvalue weighted by Crippen LogP contribution is -1.97. The van der Waals surface area contributed by atoms with E-state index in [1.165, 1.54) is 12.1 Å². The van der Waals surface area contributed by atoms with Crippen LogP contribution in [-0.2, 0) is 0 Å². The number of aryl methyl sites for hydroxylation is 2. The van der Waals surface area contributed by atoms with E-state index < -0.39 is 4.92 Å². The Bertz CT molecular complexity index is 1280. The third-order valence-electron chi connectivity index (χ3n) is 4.86. The standard InChI is InChI=1S/C22H17N5O2/c1-14-9-20-21(10-15(14)2)25-22(24-20)16(13-23)11-17-7-4-8-26(17)18-5-3-6-19(12-18)27(28)29/h3-12H,1-2H3,(H,24,25)/b16-11-. The van der Waals surface area contributed by atoms with Crippen molar-refractivity contribution >= 4 is 28.4 Å². The summed E-state index contributed by atoms with van der Waals surface area (Å²) in [5.74, 6) is 0.485. The van der Waals surface area contributed by atoms with Crippen LogP contribution in [0.1, 0.15) is 22.6 Å². The van der Waals surface area contributed by atoms with Crippen molar-refractivity contribution in [1.82, 2.24) is 14.5 Å². The normalized spacial score (nSPS) is 11.6. The van der Waals surface area contributed by atoms with Crippen LogP contribution in [0.3, 0.4) is 0 Å². The molecule has 0 amide bonds. The van der Waals surface area contributed by atoms with E-state index in [-0.39, 0.29) is 5.69 Å². The number of H-pyrrole nitrogens is 1. The van der Waals surface area contributed by atoms with Crippen molar-refractivity contribution in [2.24, 2.45) is 0 Å². The van der Waals surface area contributed by atoms with Gasteiger partial charge in [0.2, 0.25) is 0 Å². The third kappa shape index (κ3) is 3.39. The number of nitrogens with one attached hydrogen (secondary N) is 1. The number of allylic oxidation sites excluding steroid dienone is 1. The van der Waals surface area contributed by atoms with E-state index in [4.69, 9.17) is 0 Å². The van der Waals surface area contributed by atoms with Gasteiger partial charge in [0.25, 0.3) is 5.69 Å². The summed E-state index contributed by atoms with van der Waals surface area (Å²) in [6.07, 6.45) is 3.52. The summed E-state index contributed by atoms with van der Waals surface area (Å²) in [5, 5.41) is 20.8. The Hall–Kier alpha value is -4.18. The van der Waals surface area contributed by atoms with Crippen LogP contribution >= 0.6 is 0 Å². The molecule has 4 rings (SSSR count). The predicted octanol–water partition coefficient (Wildman–Crippen LogP) is 4.94. The first-order valence-corrected chi connectivity index (χ1v) is 8.97. The zero-order chi connectivity index (χ0) is 20.5. The van der Waals surface area contributed by atoms with E-state index in [1.807, 2.05) is 38.1 Å². The zero-order valence-corrected chi connectivity index (χ0v) is 15.9. The van der Waals surface area contributed by atoms with Gasteiger partial charge in [-0.25, -0.2) is 4.98 Å². The third-order valence-corrected chi connectivity index (χ3v) is 4.86. The fourth-order valence-electron chi connectivity index (χ4n) is 3.20. The van der Waals surface area contributed by atoms with Crippen LogP contribution in [0.15, 0.2) is 54.7 Å². The second-order valence-corrected chi connectivity index (χ2v) is 6.79. The summed E-state index contributed by atoms with van der Waals surface area (Å²) >= 11 is 0. The molecule has 0 saturated carbocycles. The molecule has 0 aliphatic heterocycles. The van der Waals surface area contributed by atoms with Gasteiger partial charge in [-0.3, -0.25) is 10.1 Å². The number of imidazole rings is 1. The molecular formula is C22H17N5O2. The second-order valence-electron chi connectivity index (χ2n) is 6.79. The number of nitro groups is 1. The Morgan fingerprint density at radius 2 is 2.00 bits per heavy atom. The van der Waals surface area contributed by atoms with Crippen molar-refractivity contribution in [3.05, 3.63) is 87.5 Å². The fourth-order valence-corrected chi connectivity index (χ4v) is 3.20. The van der Waals surface area contributed by atoms with Gasteiger partial charge in [0.1, 0.15) is 11.9 Å². The molecule has 0 aliphatic carbocycles. The molecule has 0 bridgehead atoms. The number of non-ortho nitro benzene ring substituents is 1. The van der Waals surface area contributed by atoms with Gasteiger partial charge < -0.3 is 9.55 Å². The molecule has 0 unspecified atom stereocenters. The number of aromatic amines is 1. The van der Waals surface area contributed by atoms with Crippen molar-refractivity contribution in [3.63, 3.8) is 0 Å². The van der Waals surface area contributed by atoms with Gasteiger partial charge in [0, 0.05) is 24.0 Å². The van der Waals surface area contributed by atoms with Gasteiger partial charge in [-0.05, 0) is 61.4 Å². The maximum Gasteiger partial charge on any atom is 0.271 e. The molecule has 142 valence electrons. The Morgan fingerprint density at radius 1 is 1.21 bits per heavy atom. The van der Waals surface area contributed by atoms with Crippen LogP contribution in [0.25, 0.3) is 28.4 Å². The van der Waals surface area contributed by atoms with Crippen molar-refractivity contribution in [2.75, 3.05) is 0 Å². The van der Waals surface area contributed by atoms with E-state index in [0.29, 0.717) is 17.1 Å². The first-order chi connectivity index (χ1) is 14.0. The lowest BCUT2D eigenvalue weighted by Gasteiger charge is -2.06. The minimum Gasteiger partial charge on any atom is -0.337 e. The molecule has 0 atom stereocenters. The van der Waals surface area contributed by atoms with Gasteiger partial charge in [-0.2, -0.15) is 5.26 Å². The van der Waals surface area contributed by atoms with Crippen LogP contribution in [-0.4, -0.2) is 19.5 Å². The van der Waals surface area contributed by atoms with Gasteiger partial charge in [0.05, 0.1) is 27.2 Å². The molecule has 2 aromatic heterocycles. The number of nitrogens with zero attached hydrogens (tertiary/aromatic N) is 4. The van der Waals surface area contributed by atoms with E-state index in [0.717, 1.165) is 27.9 Å². The maximum atomic E-state index is 11.1. The first kappa shape index (κ1) is 18.2. The van der Waals surface area contributed by atoms with Crippen molar-refractivity contribution < 1.29 is 4.92 Å². The van der Waals surface area contributed by atoms with Crippen LogP contribution in [0.2, 0.25) is 0 Å². The number of nitriles is 1. The summed E-state index contributed by atoms with van der Waals surface area (Å²) in [4.78, 5) is 18.4. The summed E-state index contributed by atoms with van der Waals surface area (Å²) in [6.45, 7) is 4.05. The quantitative estimate of drug-likeness (QED) is 0.306. The van der Waals surface area contributed by atoms with E-state index in [9.17, 15) is 15.4 Å². The minimum absolute atomic E-state index is 0.00894. The molecule has 0 saturated heterocycles. The Kier molecular flexibility index (Phi) is 4.45. The SMILES string of the molecule is Cc1cc2nc(/C(C#N)=C\c3cccn3-c3cccc([N+](=O)[O-])c3)[nH]c2cc1C. The molecule has 0 radical (unpaired) electrons. The number of aromatic nitrogens is 3. The number of hydrogen-bond donors (Lipinski definition) is 1. The molecule has 4 aromatic rings. The number of benzene rings is 2. The molecule has 2 heterocycles. The predicted molar refractivity (Wildman–Crippen MR) is 111 cm³/mol. The lowest BCUT2D eigenvalue weighted by molar-refractivity contribution is -0.384. The van der Waals surface area contributed by atoms with Crippen LogP contribution in [0.4, 0.5) is 5.69 Å². The number of hydrogen-bond acceptors (Lipinski definition) is 4. The Balaban J connectivity index is 1.78. The fraction of sp³-hybridized carbons (Fsp3) is 0.0909. The van der Waals surface area contributed by atoms with Gasteiger partial charge in [0.15, 0.2) is 0 Å². The molecule has 7 heteroatoms. The molecule has 0 aliphatic rings. The molecule has 0 spiro atoms. The van der Waals surface area contributed by atoms with E-state index in [1.54, 1.807) is 29.0 Å². The lowest BCUT2D eigenvalue weighted by atomic mass is 10.1. The highest BCUT2D eigenvalue weighted by atomic mass is 16.6. The van der Waals surface area contributed by atoms with E-state index >= 15 is 0 Å². The highest BCUT2D eigenvalue weighted by Crippen LogP contribution is 2.24. The smallest absolute Gasteiger partial charge is 0.271 e. The second kappa shape index (κ2) is 7.09. The average molecular weight is 383 g/mol. The summed E-state index contributed by atoms with van der Waals surface area (Å²) < 4.78 is 1.79. The van der Waals surface area contributed by atoms with Gasteiger partial charge in [-0.1, -0.05) is 6.07 Å². The number of fused-ring (bicyclic) bond motifs is 1. The summed E-state index contributed by atoms with van der Waals surface area (Å²) in [7, 11) is 0. The van der Waals surface area contributed by atoms with Crippen LogP contribution in [0.5, 0.6) is 0 Å². The zero-order valence-electron chi connectivity index (χ0n) is 15.9. The van der Waals surface area contributed by atoms with Gasteiger partial charge in [-0.15, -0.1) is 0 Å². The summed E-state index contributed by atoms with van der Waals surface area (Å²) in [5.41, 5.74) is 5.71. The number of nitro benzene ring substituents is 1. The largest absolute Gasteiger partial charge is 0.337 e. The van der Waals surface area contributed by atoms with Gasteiger partial charge >= 0.3 is 0 Å². The molecule has 2 aromatic carbocycles. The number of rotatable bonds is 4. The van der Waals surface area contributed by atoms with Crippen LogP contribution < -0.4 is 0 Å². The molecular weight excluding hydrogens is 366 g/mol. The highest BCUT2D eigenvalue weighted by molar-refractivity contribution is 5.90. The van der Waals surface area contributed by atoms with E-state index in [2.05, 4.69) is 16.0 Å². The van der Waals surface area contributed by atoms with Crippen molar-refractivity contribution in [1.29, 1.82) is 5.26 Å². The molecule has 1 N–H and O–H groups in total. The molecule has 7 nitrogen and oxygen atoms in total. The monoisotopic (exact) mass is 383 g/mol. The van der Waals surface area contributed by atoms with Crippen molar-refractivity contribution in [2.45, 2.75) is 13.8 Å². The summed E-state index contributed by atoms with van der Waals surface area (Å²) in [6, 6.07) is 16.2. The Labute approximate surface area is 166 Å². The van der Waals surface area contributed by atoms with Crippen molar-refractivity contribution in [3.8, 4) is 11.8 Å². The average Bonchev–Trinajstić information content (AvgIpc) is 3.33. The van der Waals surface area contributed by atoms with Crippen LogP contribution in [0, 0.1) is 35.3 Å².